The zero-order chi connectivity index (χ0) is 15.0. The van der Waals surface area contributed by atoms with Gasteiger partial charge in [0.05, 0.1) is 0 Å². The largest absolute Gasteiger partial charge is 0.480 e. The molecule has 1 aromatic rings. The molecule has 1 atom stereocenters. The van der Waals surface area contributed by atoms with Gasteiger partial charge in [0.25, 0.3) is 0 Å². The number of nitrogens with zero attached hydrogens (tertiary/aromatic N) is 1. The second-order valence-electron chi connectivity index (χ2n) is 4.51. The van der Waals surface area contributed by atoms with E-state index in [1.165, 1.54) is 7.11 Å². The average Bonchev–Trinajstić information content (AvgIpc) is 2.44. The number of hydrogen-bond acceptors (Lipinski definition) is 4. The molecule has 0 radical (unpaired) electrons. The summed E-state index contributed by atoms with van der Waals surface area (Å²) in [7, 11) is 3.71. The lowest BCUT2D eigenvalue weighted by Gasteiger charge is -2.18. The Kier molecular flexibility index (Phi) is 7.43. The van der Waals surface area contributed by atoms with E-state index in [9.17, 15) is 4.79 Å². The van der Waals surface area contributed by atoms with E-state index in [0.717, 1.165) is 17.8 Å². The number of halogens is 1. The zero-order valence-corrected chi connectivity index (χ0v) is 12.6. The van der Waals surface area contributed by atoms with E-state index >= 15 is 0 Å². The maximum atomic E-state index is 11.1. The number of alkyl halides is 1. The molecule has 1 unspecified atom stereocenters. The van der Waals surface area contributed by atoms with E-state index in [1.807, 2.05) is 31.3 Å². The van der Waals surface area contributed by atoms with Gasteiger partial charge in [0.15, 0.2) is 0 Å². The van der Waals surface area contributed by atoms with Gasteiger partial charge in [-0.15, -0.1) is 11.6 Å². The zero-order valence-electron chi connectivity index (χ0n) is 11.8. The van der Waals surface area contributed by atoms with Gasteiger partial charge in [-0.1, -0.05) is 12.1 Å². The Labute approximate surface area is 125 Å². The van der Waals surface area contributed by atoms with E-state index in [0.29, 0.717) is 12.3 Å². The highest BCUT2D eigenvalue weighted by atomic mass is 35.5. The first-order chi connectivity index (χ1) is 9.58. The van der Waals surface area contributed by atoms with E-state index < -0.39 is 12.0 Å². The van der Waals surface area contributed by atoms with Crippen LogP contribution in [0.1, 0.15) is 5.56 Å². The molecule has 7 heteroatoms. The smallest absolute Gasteiger partial charge is 0.361 e. The first-order valence-electron chi connectivity index (χ1n) is 6.39. The van der Waals surface area contributed by atoms with E-state index in [4.69, 9.17) is 21.4 Å². The minimum Gasteiger partial charge on any atom is -0.480 e. The van der Waals surface area contributed by atoms with Crippen LogP contribution in [0.5, 0.6) is 0 Å². The highest BCUT2D eigenvalue weighted by molar-refractivity contribution is 6.24. The number of anilines is 1. The van der Waals surface area contributed by atoms with Gasteiger partial charge in [0, 0.05) is 32.3 Å². The number of benzene rings is 1. The van der Waals surface area contributed by atoms with Crippen molar-refractivity contribution in [3.8, 4) is 0 Å². The fourth-order valence-electron chi connectivity index (χ4n) is 1.81. The number of nitrogens with one attached hydrogen (secondary N) is 1. The van der Waals surface area contributed by atoms with Crippen molar-refractivity contribution in [2.24, 2.45) is 0 Å². The molecule has 0 aromatic heterocycles. The summed E-state index contributed by atoms with van der Waals surface area (Å²) in [4.78, 5) is 13.2. The fraction of sp³-hybridized carbons (Fsp3) is 0.462. The molecule has 110 valence electrons. The van der Waals surface area contributed by atoms with Crippen molar-refractivity contribution >= 4 is 30.9 Å². The van der Waals surface area contributed by atoms with Gasteiger partial charge in [-0.3, -0.25) is 4.79 Å². The monoisotopic (exact) mass is 298 g/mol. The Morgan fingerprint density at radius 3 is 2.65 bits per heavy atom. The lowest BCUT2D eigenvalue weighted by molar-refractivity contribution is -0.139. The molecule has 0 amide bonds. The average molecular weight is 299 g/mol. The molecule has 0 aliphatic rings. The molecule has 2 N–H and O–H groups in total. The summed E-state index contributed by atoms with van der Waals surface area (Å²) < 4.78 is 4.84. The number of hydrogen-bond donors (Lipinski definition) is 2. The second-order valence-corrected chi connectivity index (χ2v) is 4.89. The Balaban J connectivity index is 2.65. The summed E-state index contributed by atoms with van der Waals surface area (Å²) in [6, 6.07) is 7.16. The van der Waals surface area contributed by atoms with E-state index in [-0.39, 0.29) is 7.62 Å². The molecule has 0 bridgehead atoms. The molecule has 0 aliphatic carbocycles. The highest BCUT2D eigenvalue weighted by Crippen LogP contribution is 2.15. The fourth-order valence-corrected chi connectivity index (χ4v) is 2.06. The van der Waals surface area contributed by atoms with Gasteiger partial charge in [0.2, 0.25) is 0 Å². The van der Waals surface area contributed by atoms with Crippen molar-refractivity contribution in [3.63, 3.8) is 0 Å². The Morgan fingerprint density at radius 1 is 1.50 bits per heavy atom. The molecular weight excluding hydrogens is 278 g/mol. The summed E-state index contributed by atoms with van der Waals surface area (Å²) >= 11 is 5.70. The first kappa shape index (κ1) is 16.8. The minimum absolute atomic E-state index is 0.216. The molecule has 20 heavy (non-hydrogen) atoms. The van der Waals surface area contributed by atoms with Crippen molar-refractivity contribution in [1.29, 1.82) is 0 Å². The predicted molar refractivity (Wildman–Crippen MR) is 82.9 cm³/mol. The van der Waals surface area contributed by atoms with Crippen LogP contribution in [0.15, 0.2) is 24.3 Å². The van der Waals surface area contributed by atoms with Crippen LogP contribution in [-0.2, 0) is 15.9 Å². The van der Waals surface area contributed by atoms with Crippen molar-refractivity contribution in [1.82, 2.24) is 5.23 Å². The van der Waals surface area contributed by atoms with E-state index in [2.05, 4.69) is 10.1 Å². The van der Waals surface area contributed by atoms with Gasteiger partial charge >= 0.3 is 13.6 Å². The third-order valence-corrected chi connectivity index (χ3v) is 3.18. The number of carboxylic acid groups (broad SMARTS) is 1. The summed E-state index contributed by atoms with van der Waals surface area (Å²) in [6.45, 7) is 0.772. The first-order valence-corrected chi connectivity index (χ1v) is 6.93. The lowest BCUT2D eigenvalue weighted by Crippen LogP contribution is -2.41. The van der Waals surface area contributed by atoms with Crippen LogP contribution in [-0.4, -0.2) is 51.3 Å². The molecule has 0 heterocycles. The quantitative estimate of drug-likeness (QED) is 0.523. The van der Waals surface area contributed by atoms with Gasteiger partial charge in [-0.2, -0.15) is 0 Å². The highest BCUT2D eigenvalue weighted by Gasteiger charge is 2.17. The topological polar surface area (TPSA) is 61.8 Å². The molecule has 5 nitrogen and oxygen atoms in total. The summed E-state index contributed by atoms with van der Waals surface area (Å²) in [6.07, 6.45) is 0.415. The van der Waals surface area contributed by atoms with Crippen LogP contribution >= 0.6 is 11.6 Å². The molecular formula is C13H20BClN2O3. The number of aliphatic carboxylic acids is 1. The number of carbonyl (C=O) groups is 1. The standard InChI is InChI=1S/C13H20BClN2O3/c1-17(8-7-15)11-5-3-10(4-6-11)9-12(13(18)19)16-14-20-2/h3-6,12,14,16H,7-9H2,1-2H3,(H,18,19). The van der Waals surface area contributed by atoms with Gasteiger partial charge in [0.1, 0.15) is 6.04 Å². The van der Waals surface area contributed by atoms with Crippen molar-refractivity contribution in [2.45, 2.75) is 12.5 Å². The third kappa shape index (κ3) is 5.40. The lowest BCUT2D eigenvalue weighted by atomic mass is 10.0. The number of rotatable bonds is 9. The maximum Gasteiger partial charge on any atom is 0.361 e. The van der Waals surface area contributed by atoms with Gasteiger partial charge in [-0.25, -0.2) is 0 Å². The van der Waals surface area contributed by atoms with Crippen molar-refractivity contribution in [2.75, 3.05) is 31.5 Å². The second kappa shape index (κ2) is 8.84. The molecule has 0 saturated heterocycles. The van der Waals surface area contributed by atoms with Crippen molar-refractivity contribution < 1.29 is 14.6 Å². The van der Waals surface area contributed by atoms with Gasteiger partial charge in [-0.05, 0) is 24.1 Å². The third-order valence-electron chi connectivity index (χ3n) is 3.01. The minimum atomic E-state index is -0.884. The normalized spacial score (nSPS) is 11.9. The molecule has 0 saturated carbocycles. The summed E-state index contributed by atoms with van der Waals surface area (Å²) in [5.74, 6) is -0.314. The Bertz CT molecular complexity index is 417. The van der Waals surface area contributed by atoms with Gasteiger partial charge < -0.3 is 19.9 Å². The maximum absolute atomic E-state index is 11.1. The summed E-state index contributed by atoms with van der Waals surface area (Å²) in [5, 5.41) is 12.0. The molecule has 0 aliphatic heterocycles. The molecule has 1 aromatic carbocycles. The van der Waals surface area contributed by atoms with Crippen LogP contribution in [0.2, 0.25) is 0 Å². The van der Waals surface area contributed by atoms with Crippen LogP contribution in [0, 0.1) is 0 Å². The van der Waals surface area contributed by atoms with Crippen LogP contribution in [0.25, 0.3) is 0 Å². The van der Waals surface area contributed by atoms with Crippen LogP contribution in [0.3, 0.4) is 0 Å². The molecule has 1 rings (SSSR count). The number of carboxylic acids is 1. The van der Waals surface area contributed by atoms with E-state index in [1.54, 1.807) is 0 Å². The van der Waals surface area contributed by atoms with Crippen molar-refractivity contribution in [3.05, 3.63) is 29.8 Å². The van der Waals surface area contributed by atoms with Crippen LogP contribution < -0.4 is 10.1 Å². The Morgan fingerprint density at radius 2 is 2.15 bits per heavy atom. The molecule has 0 fully saturated rings. The summed E-state index contributed by atoms with van der Waals surface area (Å²) in [5.41, 5.74) is 2.02. The Hall–Kier alpha value is -1.24. The van der Waals surface area contributed by atoms with Crippen LogP contribution in [0.4, 0.5) is 5.69 Å². The molecule has 0 spiro atoms. The predicted octanol–water partition coefficient (Wildman–Crippen LogP) is 0.860. The SMILES string of the molecule is COBNC(Cc1ccc(N(C)CCCl)cc1)C(=O)O.